The first kappa shape index (κ1) is 19.7. The molecule has 158 valence electrons. The topological polar surface area (TPSA) is 77.6 Å². The van der Waals surface area contributed by atoms with E-state index in [1.165, 1.54) is 11.0 Å². The zero-order valence-corrected chi connectivity index (χ0v) is 17.2. The number of benzene rings is 3. The molecule has 32 heavy (non-hydrogen) atoms. The molecule has 4 aromatic rings. The summed E-state index contributed by atoms with van der Waals surface area (Å²) in [5.41, 5.74) is 2.82. The zero-order chi connectivity index (χ0) is 22.2. The van der Waals surface area contributed by atoms with Gasteiger partial charge in [-0.2, -0.15) is 0 Å². The fourth-order valence-corrected chi connectivity index (χ4v) is 3.96. The number of aliphatic imine (C=N–C) groups is 1. The highest BCUT2D eigenvalue weighted by atomic mass is 19.1. The highest BCUT2D eigenvalue weighted by Crippen LogP contribution is 2.28. The highest BCUT2D eigenvalue weighted by Gasteiger charge is 2.32. The maximum atomic E-state index is 14.7. The number of carbonyl (C=O) groups is 2. The predicted molar refractivity (Wildman–Crippen MR) is 121 cm³/mol. The largest absolute Gasteiger partial charge is 0.361 e. The van der Waals surface area contributed by atoms with Gasteiger partial charge in [-0.3, -0.25) is 9.59 Å². The SMILES string of the molecule is CN1C(=O)C(NC(=O)c2cccc3cc[nH]c23)N=C(c2ccccc2F)c2ccccc21. The van der Waals surface area contributed by atoms with Crippen molar-refractivity contribution in [1.82, 2.24) is 10.3 Å². The van der Waals surface area contributed by atoms with Crippen LogP contribution < -0.4 is 10.2 Å². The standard InChI is InChI=1S/C25H19FN4O2/c1-30-20-12-5-3-9-17(20)22(16-8-2-4-11-19(16)26)28-23(25(30)32)29-24(31)18-10-6-7-15-13-14-27-21(15)18/h2-14,23,27H,1H3,(H,29,31). The van der Waals surface area contributed by atoms with Crippen LogP contribution in [-0.4, -0.2) is 35.7 Å². The average molecular weight is 426 g/mol. The van der Waals surface area contributed by atoms with Crippen LogP contribution in [0.4, 0.5) is 10.1 Å². The number of carbonyl (C=O) groups excluding carboxylic acids is 2. The minimum absolute atomic E-state index is 0.258. The Morgan fingerprint density at radius 3 is 2.56 bits per heavy atom. The van der Waals surface area contributed by atoms with Crippen LogP contribution in [0.15, 0.2) is 84.0 Å². The highest BCUT2D eigenvalue weighted by molar-refractivity contribution is 6.20. The fourth-order valence-electron chi connectivity index (χ4n) is 3.96. The van der Waals surface area contributed by atoms with Gasteiger partial charge in [0.25, 0.3) is 11.8 Å². The molecular formula is C25H19FN4O2. The molecule has 1 atom stereocenters. The van der Waals surface area contributed by atoms with Crippen LogP contribution >= 0.6 is 0 Å². The van der Waals surface area contributed by atoms with Crippen LogP contribution in [0, 0.1) is 5.82 Å². The van der Waals surface area contributed by atoms with Crippen molar-refractivity contribution in [3.8, 4) is 0 Å². The second-order valence-corrected chi connectivity index (χ2v) is 7.50. The monoisotopic (exact) mass is 426 g/mol. The Balaban J connectivity index is 1.61. The minimum Gasteiger partial charge on any atom is -0.361 e. The average Bonchev–Trinajstić information content (AvgIpc) is 3.27. The number of H-pyrrole nitrogens is 1. The molecule has 7 heteroatoms. The quantitative estimate of drug-likeness (QED) is 0.522. The molecule has 2 heterocycles. The van der Waals surface area contributed by atoms with Crippen molar-refractivity contribution >= 4 is 34.1 Å². The van der Waals surface area contributed by atoms with Crippen LogP contribution in [0.2, 0.25) is 0 Å². The number of fused-ring (bicyclic) bond motifs is 2. The van der Waals surface area contributed by atoms with Gasteiger partial charge in [0.2, 0.25) is 6.17 Å². The van der Waals surface area contributed by atoms with Crippen molar-refractivity contribution in [3.05, 3.63) is 102 Å². The van der Waals surface area contributed by atoms with E-state index in [9.17, 15) is 14.0 Å². The second-order valence-electron chi connectivity index (χ2n) is 7.50. The normalized spacial score (nSPS) is 15.8. The smallest absolute Gasteiger partial charge is 0.272 e. The summed E-state index contributed by atoms with van der Waals surface area (Å²) in [7, 11) is 1.62. The van der Waals surface area contributed by atoms with E-state index in [0.29, 0.717) is 28.0 Å². The molecule has 0 saturated heterocycles. The van der Waals surface area contributed by atoms with Crippen LogP contribution in [0.25, 0.3) is 10.9 Å². The molecule has 5 rings (SSSR count). The lowest BCUT2D eigenvalue weighted by Gasteiger charge is -2.21. The van der Waals surface area contributed by atoms with Crippen molar-refractivity contribution in [2.24, 2.45) is 4.99 Å². The van der Waals surface area contributed by atoms with Gasteiger partial charge < -0.3 is 15.2 Å². The van der Waals surface area contributed by atoms with E-state index in [4.69, 9.17) is 0 Å². The number of aromatic nitrogens is 1. The molecule has 0 spiro atoms. The van der Waals surface area contributed by atoms with Gasteiger partial charge in [0.05, 0.1) is 22.5 Å². The summed E-state index contributed by atoms with van der Waals surface area (Å²) < 4.78 is 14.7. The van der Waals surface area contributed by atoms with Crippen LogP contribution in [0.3, 0.4) is 0 Å². The summed E-state index contributed by atoms with van der Waals surface area (Å²) in [6, 6.07) is 20.6. The Hall–Kier alpha value is -4.26. The number of hydrogen-bond acceptors (Lipinski definition) is 3. The Morgan fingerprint density at radius 2 is 1.75 bits per heavy atom. The van der Waals surface area contributed by atoms with E-state index >= 15 is 0 Å². The third-order valence-electron chi connectivity index (χ3n) is 5.57. The van der Waals surface area contributed by atoms with E-state index in [1.54, 1.807) is 67.8 Å². The number of halogens is 1. The molecule has 0 radical (unpaired) electrons. The van der Waals surface area contributed by atoms with Crippen molar-refractivity contribution in [3.63, 3.8) is 0 Å². The third-order valence-corrected chi connectivity index (χ3v) is 5.57. The number of anilines is 1. The molecule has 1 unspecified atom stereocenters. The van der Waals surface area contributed by atoms with Crippen LogP contribution in [0.5, 0.6) is 0 Å². The molecule has 0 aliphatic carbocycles. The molecular weight excluding hydrogens is 407 g/mol. The molecule has 0 saturated carbocycles. The zero-order valence-electron chi connectivity index (χ0n) is 17.2. The number of benzodiazepines with no additional fused rings is 1. The summed E-state index contributed by atoms with van der Waals surface area (Å²) in [4.78, 5) is 35.4. The summed E-state index contributed by atoms with van der Waals surface area (Å²) in [5.74, 6) is -1.33. The summed E-state index contributed by atoms with van der Waals surface area (Å²) in [5, 5.41) is 3.61. The van der Waals surface area contributed by atoms with Gasteiger partial charge in [0.1, 0.15) is 5.82 Å². The second kappa shape index (κ2) is 7.77. The first-order valence-electron chi connectivity index (χ1n) is 10.1. The molecule has 6 nitrogen and oxygen atoms in total. The Kier molecular flexibility index (Phi) is 4.78. The Bertz CT molecular complexity index is 1390. The van der Waals surface area contributed by atoms with Gasteiger partial charge >= 0.3 is 0 Å². The van der Waals surface area contributed by atoms with Gasteiger partial charge in [-0.1, -0.05) is 42.5 Å². The number of aromatic amines is 1. The lowest BCUT2D eigenvalue weighted by molar-refractivity contribution is -0.119. The van der Waals surface area contributed by atoms with Gasteiger partial charge in [-0.05, 0) is 30.3 Å². The van der Waals surface area contributed by atoms with E-state index in [0.717, 1.165) is 5.39 Å². The van der Waals surface area contributed by atoms with Gasteiger partial charge in [0, 0.05) is 29.8 Å². The number of hydrogen-bond donors (Lipinski definition) is 2. The summed E-state index contributed by atoms with van der Waals surface area (Å²) in [6.45, 7) is 0. The number of amides is 2. The number of nitrogens with zero attached hydrogens (tertiary/aromatic N) is 2. The first-order valence-corrected chi connectivity index (χ1v) is 10.1. The third kappa shape index (κ3) is 3.24. The number of rotatable bonds is 3. The van der Waals surface area contributed by atoms with E-state index < -0.39 is 23.8 Å². The van der Waals surface area contributed by atoms with Gasteiger partial charge in [-0.25, -0.2) is 9.38 Å². The van der Waals surface area contributed by atoms with Crippen molar-refractivity contribution in [2.45, 2.75) is 6.17 Å². The maximum absolute atomic E-state index is 14.7. The van der Waals surface area contributed by atoms with Gasteiger partial charge in [0.15, 0.2) is 0 Å². The number of para-hydroxylation sites is 2. The van der Waals surface area contributed by atoms with E-state index in [1.807, 2.05) is 12.1 Å². The molecule has 3 aromatic carbocycles. The number of likely N-dealkylation sites (N-methyl/N-ethyl adjacent to an activating group) is 1. The summed E-state index contributed by atoms with van der Waals surface area (Å²) >= 11 is 0. The molecule has 1 aromatic heterocycles. The molecule has 0 bridgehead atoms. The molecule has 0 fully saturated rings. The van der Waals surface area contributed by atoms with Crippen molar-refractivity contribution < 1.29 is 14.0 Å². The van der Waals surface area contributed by atoms with Gasteiger partial charge in [-0.15, -0.1) is 0 Å². The van der Waals surface area contributed by atoms with Crippen LogP contribution in [0.1, 0.15) is 21.5 Å². The fraction of sp³-hybridized carbons (Fsp3) is 0.0800. The number of nitrogens with one attached hydrogen (secondary N) is 2. The lowest BCUT2D eigenvalue weighted by atomic mass is 10.00. The molecule has 1 aliphatic rings. The first-order chi connectivity index (χ1) is 15.5. The van der Waals surface area contributed by atoms with E-state index in [-0.39, 0.29) is 5.56 Å². The Labute approximate surface area is 183 Å². The summed E-state index contributed by atoms with van der Waals surface area (Å²) in [6.07, 6.45) is 0.525. The molecule has 2 amide bonds. The lowest BCUT2D eigenvalue weighted by Crippen LogP contribution is -2.46. The predicted octanol–water partition coefficient (Wildman–Crippen LogP) is 3.88. The van der Waals surface area contributed by atoms with E-state index in [2.05, 4.69) is 15.3 Å². The minimum atomic E-state index is -1.22. The van der Waals surface area contributed by atoms with Crippen LogP contribution in [-0.2, 0) is 4.79 Å². The van der Waals surface area contributed by atoms with Crippen molar-refractivity contribution in [1.29, 1.82) is 0 Å². The Morgan fingerprint density at radius 1 is 1.00 bits per heavy atom. The molecule has 2 N–H and O–H groups in total. The van der Waals surface area contributed by atoms with Crippen molar-refractivity contribution in [2.75, 3.05) is 11.9 Å². The maximum Gasteiger partial charge on any atom is 0.272 e. The molecule has 1 aliphatic heterocycles.